The normalized spacial score (nSPS) is 19.7. The second-order valence-corrected chi connectivity index (χ2v) is 9.17. The van der Waals surface area contributed by atoms with Crippen LogP contribution in [0, 0.1) is 5.92 Å². The minimum absolute atomic E-state index is 0. The number of nitrogens with one attached hydrogen (secondary N) is 1. The molecule has 178 valence electrons. The minimum atomic E-state index is 0. The molecule has 1 amide bonds. The Morgan fingerprint density at radius 1 is 1.12 bits per heavy atom. The SMILES string of the molecule is CN=C(NCCCC(=O)N1CCc2ccccc21)N1CCC(OCC2CCCC2)CC1.I. The molecule has 4 rings (SSSR count). The van der Waals surface area contributed by atoms with Crippen LogP contribution in [0.1, 0.15) is 56.9 Å². The van der Waals surface area contributed by atoms with Crippen LogP contribution in [0.15, 0.2) is 29.3 Å². The standard InChI is InChI=1S/C25H38N4O2.HI/c1-26-25(28-16-13-22(14-17-28)31-19-20-7-2-3-8-20)27-15-6-11-24(30)29-18-12-21-9-4-5-10-23(21)29;/h4-5,9-10,20,22H,2-3,6-8,11-19H2,1H3,(H,26,27);1H. The second-order valence-electron chi connectivity index (χ2n) is 9.17. The van der Waals surface area contributed by atoms with Crippen molar-refractivity contribution in [3.05, 3.63) is 29.8 Å². The van der Waals surface area contributed by atoms with Gasteiger partial charge in [0.25, 0.3) is 0 Å². The molecule has 3 aliphatic rings. The van der Waals surface area contributed by atoms with Gasteiger partial charge in [-0.05, 0) is 56.1 Å². The summed E-state index contributed by atoms with van der Waals surface area (Å²) >= 11 is 0. The Morgan fingerprint density at radius 2 is 1.88 bits per heavy atom. The van der Waals surface area contributed by atoms with Gasteiger partial charge in [0.2, 0.25) is 5.91 Å². The highest BCUT2D eigenvalue weighted by molar-refractivity contribution is 14.0. The molecule has 1 aromatic rings. The fourth-order valence-electron chi connectivity index (χ4n) is 5.19. The average molecular weight is 555 g/mol. The molecule has 1 aliphatic carbocycles. The van der Waals surface area contributed by atoms with E-state index in [1.54, 1.807) is 0 Å². The van der Waals surface area contributed by atoms with Crippen molar-refractivity contribution in [1.82, 2.24) is 10.2 Å². The smallest absolute Gasteiger partial charge is 0.227 e. The number of hydrogen-bond acceptors (Lipinski definition) is 3. The van der Waals surface area contributed by atoms with Crippen molar-refractivity contribution >= 4 is 41.5 Å². The molecule has 2 heterocycles. The average Bonchev–Trinajstić information content (AvgIpc) is 3.48. The first-order valence-corrected chi connectivity index (χ1v) is 12.2. The highest BCUT2D eigenvalue weighted by Crippen LogP contribution is 2.28. The van der Waals surface area contributed by atoms with Gasteiger partial charge in [-0.25, -0.2) is 0 Å². The van der Waals surface area contributed by atoms with Crippen LogP contribution in [0.4, 0.5) is 5.69 Å². The van der Waals surface area contributed by atoms with Gasteiger partial charge in [0.15, 0.2) is 5.96 Å². The van der Waals surface area contributed by atoms with Gasteiger partial charge in [-0.1, -0.05) is 31.0 Å². The van der Waals surface area contributed by atoms with Crippen molar-refractivity contribution in [3.8, 4) is 0 Å². The van der Waals surface area contributed by atoms with Crippen molar-refractivity contribution < 1.29 is 9.53 Å². The van der Waals surface area contributed by atoms with Crippen molar-refractivity contribution in [2.75, 3.05) is 44.7 Å². The molecule has 0 spiro atoms. The molecular formula is C25H39IN4O2. The first kappa shape index (κ1) is 25.3. The summed E-state index contributed by atoms with van der Waals surface area (Å²) < 4.78 is 6.20. The van der Waals surface area contributed by atoms with E-state index < -0.39 is 0 Å². The third kappa shape index (κ3) is 6.59. The quantitative estimate of drug-likeness (QED) is 0.238. The molecule has 0 unspecified atom stereocenters. The van der Waals surface area contributed by atoms with E-state index in [0.717, 1.165) is 76.0 Å². The van der Waals surface area contributed by atoms with Gasteiger partial charge >= 0.3 is 0 Å². The maximum Gasteiger partial charge on any atom is 0.227 e. The van der Waals surface area contributed by atoms with E-state index in [2.05, 4.69) is 27.3 Å². The summed E-state index contributed by atoms with van der Waals surface area (Å²) in [7, 11) is 1.84. The number of rotatable bonds is 7. The van der Waals surface area contributed by atoms with Gasteiger partial charge in [0, 0.05) is 51.9 Å². The summed E-state index contributed by atoms with van der Waals surface area (Å²) in [4.78, 5) is 21.4. The molecule has 7 heteroatoms. The molecule has 2 fully saturated rings. The molecule has 1 saturated carbocycles. The second kappa shape index (κ2) is 12.8. The number of ether oxygens (including phenoxy) is 1. The van der Waals surface area contributed by atoms with Crippen molar-refractivity contribution in [1.29, 1.82) is 0 Å². The molecule has 1 N–H and O–H groups in total. The van der Waals surface area contributed by atoms with E-state index in [0.29, 0.717) is 12.5 Å². The summed E-state index contributed by atoms with van der Waals surface area (Å²) in [5.41, 5.74) is 2.37. The molecule has 0 aromatic heterocycles. The Bertz CT molecular complexity index is 758. The van der Waals surface area contributed by atoms with E-state index in [1.165, 1.54) is 31.2 Å². The Morgan fingerprint density at radius 3 is 2.62 bits per heavy atom. The van der Waals surface area contributed by atoms with E-state index in [4.69, 9.17) is 4.74 Å². The van der Waals surface area contributed by atoms with Crippen LogP contribution in [-0.2, 0) is 16.0 Å². The third-order valence-corrected chi connectivity index (χ3v) is 7.03. The van der Waals surface area contributed by atoms with Crippen LogP contribution < -0.4 is 10.2 Å². The summed E-state index contributed by atoms with van der Waals surface area (Å²) in [6.07, 6.45) is 10.3. The number of hydrogen-bond donors (Lipinski definition) is 1. The molecule has 0 radical (unpaired) electrons. The fourth-order valence-corrected chi connectivity index (χ4v) is 5.19. The van der Waals surface area contributed by atoms with Crippen LogP contribution in [0.5, 0.6) is 0 Å². The highest BCUT2D eigenvalue weighted by atomic mass is 127. The molecule has 0 bridgehead atoms. The monoisotopic (exact) mass is 554 g/mol. The molecule has 2 aliphatic heterocycles. The molecule has 32 heavy (non-hydrogen) atoms. The van der Waals surface area contributed by atoms with E-state index in [9.17, 15) is 4.79 Å². The summed E-state index contributed by atoms with van der Waals surface area (Å²) in [6, 6.07) is 8.24. The van der Waals surface area contributed by atoms with Crippen molar-refractivity contribution in [3.63, 3.8) is 0 Å². The maximum absolute atomic E-state index is 12.7. The van der Waals surface area contributed by atoms with Crippen LogP contribution >= 0.6 is 24.0 Å². The number of para-hydroxylation sites is 1. The zero-order valence-corrected chi connectivity index (χ0v) is 21.8. The zero-order chi connectivity index (χ0) is 21.5. The van der Waals surface area contributed by atoms with Crippen LogP contribution in [-0.4, -0.2) is 62.7 Å². The number of nitrogens with zero attached hydrogens (tertiary/aromatic N) is 3. The van der Waals surface area contributed by atoms with Gasteiger partial charge in [0.05, 0.1) is 6.10 Å². The predicted molar refractivity (Wildman–Crippen MR) is 141 cm³/mol. The first-order chi connectivity index (χ1) is 15.2. The Labute approximate surface area is 210 Å². The number of guanidine groups is 1. The molecule has 1 aromatic carbocycles. The Kier molecular flexibility index (Phi) is 10.1. The van der Waals surface area contributed by atoms with Crippen LogP contribution in [0.25, 0.3) is 0 Å². The number of carbonyl (C=O) groups excluding carboxylic acids is 1. The van der Waals surface area contributed by atoms with Gasteiger partial charge in [-0.15, -0.1) is 24.0 Å². The number of benzene rings is 1. The first-order valence-electron chi connectivity index (χ1n) is 12.2. The predicted octanol–water partition coefficient (Wildman–Crippen LogP) is 4.22. The number of piperidine rings is 1. The van der Waals surface area contributed by atoms with E-state index in [-0.39, 0.29) is 29.9 Å². The fraction of sp³-hybridized carbons (Fsp3) is 0.680. The Hall–Kier alpha value is -1.35. The van der Waals surface area contributed by atoms with Crippen molar-refractivity contribution in [2.24, 2.45) is 10.9 Å². The number of carbonyl (C=O) groups is 1. The summed E-state index contributed by atoms with van der Waals surface area (Å²) in [6.45, 7) is 4.50. The van der Waals surface area contributed by atoms with Crippen molar-refractivity contribution in [2.45, 2.75) is 63.9 Å². The van der Waals surface area contributed by atoms with Gasteiger partial charge in [0.1, 0.15) is 0 Å². The maximum atomic E-state index is 12.7. The summed E-state index contributed by atoms with van der Waals surface area (Å²) in [5.74, 6) is 1.97. The van der Waals surface area contributed by atoms with Gasteiger partial charge < -0.3 is 19.9 Å². The zero-order valence-electron chi connectivity index (χ0n) is 19.4. The number of halogens is 1. The summed E-state index contributed by atoms with van der Waals surface area (Å²) in [5, 5.41) is 3.46. The lowest BCUT2D eigenvalue weighted by Crippen LogP contribution is -2.47. The lowest BCUT2D eigenvalue weighted by atomic mass is 10.1. The number of likely N-dealkylation sites (tertiary alicyclic amines) is 1. The third-order valence-electron chi connectivity index (χ3n) is 7.03. The molecule has 0 atom stereocenters. The van der Waals surface area contributed by atoms with Gasteiger partial charge in [-0.2, -0.15) is 0 Å². The van der Waals surface area contributed by atoms with Gasteiger partial charge in [-0.3, -0.25) is 9.79 Å². The molecule has 1 saturated heterocycles. The lowest BCUT2D eigenvalue weighted by Gasteiger charge is -2.34. The van der Waals surface area contributed by atoms with E-state index >= 15 is 0 Å². The highest BCUT2D eigenvalue weighted by Gasteiger charge is 2.25. The number of amides is 1. The lowest BCUT2D eigenvalue weighted by molar-refractivity contribution is -0.118. The van der Waals surface area contributed by atoms with E-state index in [1.807, 2.05) is 24.1 Å². The molecular weight excluding hydrogens is 515 g/mol. The topological polar surface area (TPSA) is 57.2 Å². The molecule has 6 nitrogen and oxygen atoms in total. The number of aliphatic imine (C=N–C) groups is 1. The minimum Gasteiger partial charge on any atom is -0.378 e. The largest absolute Gasteiger partial charge is 0.378 e. The van der Waals surface area contributed by atoms with Crippen LogP contribution in [0.3, 0.4) is 0 Å². The Balaban J connectivity index is 0.00000289. The number of anilines is 1. The number of fused-ring (bicyclic) bond motifs is 1. The van der Waals surface area contributed by atoms with Crippen LogP contribution in [0.2, 0.25) is 0 Å².